The van der Waals surface area contributed by atoms with E-state index < -0.39 is 34.6 Å². The zero-order valence-electron chi connectivity index (χ0n) is 16.2. The van der Waals surface area contributed by atoms with Gasteiger partial charge in [-0.25, -0.2) is 4.39 Å². The Kier molecular flexibility index (Phi) is 4.55. The molecule has 0 spiro atoms. The number of benzene rings is 2. The number of halogens is 4. The molecule has 0 aromatic heterocycles. The lowest BCUT2D eigenvalue weighted by Crippen LogP contribution is -2.39. The lowest BCUT2D eigenvalue weighted by atomic mass is 10.1. The number of alkyl halides is 3. The molecule has 2 aromatic carbocycles. The third-order valence-corrected chi connectivity index (χ3v) is 5.68. The number of fused-ring (bicyclic) bond motifs is 1. The molecule has 1 fully saturated rings. The summed E-state index contributed by atoms with van der Waals surface area (Å²) in [5, 5.41) is 11.5. The van der Waals surface area contributed by atoms with E-state index in [0.717, 1.165) is 18.2 Å². The zero-order valence-corrected chi connectivity index (χ0v) is 17.0. The first-order chi connectivity index (χ1) is 14.5. The maximum Gasteiger partial charge on any atom is 0.417 e. The van der Waals surface area contributed by atoms with Gasteiger partial charge in [0.25, 0.3) is 5.91 Å². The normalized spacial score (nSPS) is 19.6. The van der Waals surface area contributed by atoms with E-state index in [0.29, 0.717) is 11.4 Å². The molecule has 31 heavy (non-hydrogen) atoms. The van der Waals surface area contributed by atoms with Gasteiger partial charge >= 0.3 is 6.18 Å². The van der Waals surface area contributed by atoms with Gasteiger partial charge in [0, 0.05) is 18.4 Å². The quantitative estimate of drug-likeness (QED) is 0.562. The standard InChI is InChI=1S/C21H14F4N4OS/c1-20-9-17(20)28(12-4-3-11(10-26)15(7-12)21(23,24)25)19(31)29(20)13-5-6-14(16(22)8-13)18(30)27-2/h3-9H,1-2H3,(H,27,30). The van der Waals surface area contributed by atoms with Crippen LogP contribution in [0, 0.1) is 17.1 Å². The van der Waals surface area contributed by atoms with Crippen LogP contribution in [0.1, 0.15) is 28.4 Å². The Balaban J connectivity index is 1.74. The topological polar surface area (TPSA) is 59.4 Å². The highest BCUT2D eigenvalue weighted by atomic mass is 32.1. The van der Waals surface area contributed by atoms with Crippen LogP contribution in [-0.4, -0.2) is 23.6 Å². The second-order valence-corrected chi connectivity index (χ2v) is 7.58. The van der Waals surface area contributed by atoms with E-state index in [4.69, 9.17) is 17.5 Å². The van der Waals surface area contributed by atoms with Crippen molar-refractivity contribution in [3.8, 4) is 6.07 Å². The first kappa shape index (κ1) is 20.8. The van der Waals surface area contributed by atoms with Crippen molar-refractivity contribution in [2.75, 3.05) is 16.8 Å². The first-order valence-corrected chi connectivity index (χ1v) is 9.44. The van der Waals surface area contributed by atoms with Gasteiger partial charge in [-0.15, -0.1) is 0 Å². The van der Waals surface area contributed by atoms with E-state index in [9.17, 15) is 22.4 Å². The van der Waals surface area contributed by atoms with E-state index >= 15 is 0 Å². The number of nitriles is 1. The molecule has 158 valence electrons. The summed E-state index contributed by atoms with van der Waals surface area (Å²) in [5.74, 6) is -1.33. The highest BCUT2D eigenvalue weighted by molar-refractivity contribution is 7.81. The highest BCUT2D eigenvalue weighted by Gasteiger charge is 2.58. The number of hydrogen-bond acceptors (Lipinski definition) is 3. The van der Waals surface area contributed by atoms with E-state index in [-0.39, 0.29) is 16.4 Å². The van der Waals surface area contributed by atoms with Crippen molar-refractivity contribution in [2.24, 2.45) is 0 Å². The molecule has 2 aliphatic rings. The largest absolute Gasteiger partial charge is 0.417 e. The third-order valence-electron chi connectivity index (χ3n) is 5.31. The van der Waals surface area contributed by atoms with Gasteiger partial charge in [0.15, 0.2) is 5.11 Å². The van der Waals surface area contributed by atoms with Crippen LogP contribution in [0.2, 0.25) is 0 Å². The van der Waals surface area contributed by atoms with Crippen molar-refractivity contribution in [3.05, 3.63) is 70.7 Å². The Morgan fingerprint density at radius 3 is 2.45 bits per heavy atom. The molecule has 0 saturated carbocycles. The van der Waals surface area contributed by atoms with E-state index in [1.165, 1.54) is 30.1 Å². The molecule has 0 bridgehead atoms. The van der Waals surface area contributed by atoms with Gasteiger partial charge in [0.05, 0.1) is 28.5 Å². The van der Waals surface area contributed by atoms with Crippen molar-refractivity contribution in [1.29, 1.82) is 5.26 Å². The van der Waals surface area contributed by atoms with Crippen LogP contribution >= 0.6 is 12.2 Å². The molecule has 1 heterocycles. The summed E-state index contributed by atoms with van der Waals surface area (Å²) in [5.41, 5.74) is -1.26. The molecule has 1 N–H and O–H groups in total. The Bertz CT molecular complexity index is 1220. The van der Waals surface area contributed by atoms with Gasteiger partial charge < -0.3 is 10.2 Å². The second-order valence-electron chi connectivity index (χ2n) is 7.21. The van der Waals surface area contributed by atoms with Crippen molar-refractivity contribution < 1.29 is 22.4 Å². The predicted molar refractivity (Wildman–Crippen MR) is 110 cm³/mol. The molecular weight excluding hydrogens is 432 g/mol. The van der Waals surface area contributed by atoms with Crippen molar-refractivity contribution >= 4 is 34.6 Å². The molecule has 5 nitrogen and oxygen atoms in total. The van der Waals surface area contributed by atoms with Crippen LogP contribution in [-0.2, 0) is 6.18 Å². The number of anilines is 2. The zero-order chi connectivity index (χ0) is 22.7. The van der Waals surface area contributed by atoms with Crippen LogP contribution in [0.25, 0.3) is 0 Å². The Morgan fingerprint density at radius 2 is 1.87 bits per heavy atom. The average Bonchev–Trinajstić information content (AvgIpc) is 3.31. The van der Waals surface area contributed by atoms with Crippen LogP contribution in [0.4, 0.5) is 28.9 Å². The number of thiocarbonyl (C=S) groups is 1. The SMILES string of the molecule is CNC(=O)c1ccc(N2C(=S)N(c3ccc(C#N)c(C(F)(F)F)c3)C3=CC32C)cc1F. The van der Waals surface area contributed by atoms with Gasteiger partial charge in [-0.1, -0.05) is 0 Å². The van der Waals surface area contributed by atoms with Gasteiger partial charge in [0.2, 0.25) is 0 Å². The molecule has 1 atom stereocenters. The lowest BCUT2D eigenvalue weighted by molar-refractivity contribution is -0.137. The maximum atomic E-state index is 14.5. The van der Waals surface area contributed by atoms with E-state index in [1.54, 1.807) is 24.0 Å². The smallest absolute Gasteiger partial charge is 0.355 e. The van der Waals surface area contributed by atoms with Crippen molar-refractivity contribution in [2.45, 2.75) is 18.6 Å². The van der Waals surface area contributed by atoms with Crippen molar-refractivity contribution in [3.63, 3.8) is 0 Å². The molecule has 4 rings (SSSR count). The number of nitrogens with zero attached hydrogens (tertiary/aromatic N) is 3. The summed E-state index contributed by atoms with van der Waals surface area (Å²) in [6.07, 6.45) is -2.92. The van der Waals surface area contributed by atoms with Crippen molar-refractivity contribution in [1.82, 2.24) is 5.32 Å². The molecule has 1 unspecified atom stereocenters. The summed E-state index contributed by atoms with van der Waals surface area (Å²) in [4.78, 5) is 14.8. The maximum absolute atomic E-state index is 14.5. The van der Waals surface area contributed by atoms with Gasteiger partial charge in [-0.3, -0.25) is 9.69 Å². The summed E-state index contributed by atoms with van der Waals surface area (Å²) in [6.45, 7) is 1.80. The molecule has 1 aliphatic heterocycles. The Hall–Kier alpha value is -3.45. The van der Waals surface area contributed by atoms with Crippen LogP contribution in [0.5, 0.6) is 0 Å². The number of nitrogens with one attached hydrogen (secondary N) is 1. The minimum atomic E-state index is -4.71. The minimum Gasteiger partial charge on any atom is -0.355 e. The summed E-state index contributed by atoms with van der Waals surface area (Å²) in [7, 11) is 1.39. The van der Waals surface area contributed by atoms with Crippen LogP contribution in [0.15, 0.2) is 48.2 Å². The van der Waals surface area contributed by atoms with Gasteiger partial charge in [-0.2, -0.15) is 18.4 Å². The third kappa shape index (κ3) is 3.13. The number of rotatable bonds is 3. The van der Waals surface area contributed by atoms with Crippen LogP contribution in [0.3, 0.4) is 0 Å². The van der Waals surface area contributed by atoms with Gasteiger partial charge in [0.1, 0.15) is 11.4 Å². The monoisotopic (exact) mass is 446 g/mol. The fourth-order valence-corrected chi connectivity index (χ4v) is 4.19. The molecule has 1 aliphatic carbocycles. The summed E-state index contributed by atoms with van der Waals surface area (Å²) >= 11 is 5.52. The molecule has 1 amide bonds. The fourth-order valence-electron chi connectivity index (χ4n) is 3.70. The summed E-state index contributed by atoms with van der Waals surface area (Å²) in [6, 6.07) is 8.93. The number of carbonyl (C=O) groups is 1. The molecule has 0 radical (unpaired) electrons. The molecule has 10 heteroatoms. The number of carbonyl (C=O) groups excluding carboxylic acids is 1. The fraction of sp³-hybridized carbons (Fsp3) is 0.190. The second kappa shape index (κ2) is 6.78. The predicted octanol–water partition coefficient (Wildman–Crippen LogP) is 4.34. The van der Waals surface area contributed by atoms with E-state index in [2.05, 4.69) is 5.32 Å². The lowest BCUT2D eigenvalue weighted by Gasteiger charge is -2.28. The Labute approximate surface area is 180 Å². The highest BCUT2D eigenvalue weighted by Crippen LogP contribution is 2.53. The van der Waals surface area contributed by atoms with Gasteiger partial charge in [-0.05, 0) is 61.6 Å². The minimum absolute atomic E-state index is 0.135. The first-order valence-electron chi connectivity index (χ1n) is 9.03. The Morgan fingerprint density at radius 1 is 1.19 bits per heavy atom. The molecule has 1 saturated heterocycles. The molecular formula is C21H14F4N4OS. The number of hydrogen-bond donors (Lipinski definition) is 1. The summed E-state index contributed by atoms with van der Waals surface area (Å²) < 4.78 is 54.7. The van der Waals surface area contributed by atoms with Crippen LogP contribution < -0.4 is 15.1 Å². The molecule has 2 aromatic rings. The average molecular weight is 446 g/mol. The van der Waals surface area contributed by atoms with E-state index in [1.807, 2.05) is 0 Å². The number of amides is 1.